The van der Waals surface area contributed by atoms with Gasteiger partial charge in [-0.2, -0.15) is 0 Å². The molecule has 1 amide bonds. The number of aliphatic imine (C=N–C) groups is 1. The molecule has 0 spiro atoms. The number of amides is 1. The number of primary amides is 1. The Balaban J connectivity index is 2.71. The highest BCUT2D eigenvalue weighted by atomic mass is 16.5. The summed E-state index contributed by atoms with van der Waals surface area (Å²) in [5.74, 6) is 5.80. The second-order valence-corrected chi connectivity index (χ2v) is 4.72. The van der Waals surface area contributed by atoms with Gasteiger partial charge in [0.1, 0.15) is 11.5 Å². The summed E-state index contributed by atoms with van der Waals surface area (Å²) in [5, 5.41) is 0. The Morgan fingerprint density at radius 2 is 2.20 bits per heavy atom. The van der Waals surface area contributed by atoms with Gasteiger partial charge in [-0.3, -0.25) is 9.79 Å². The van der Waals surface area contributed by atoms with E-state index in [1.807, 2.05) is 0 Å². The minimum absolute atomic E-state index is 0.0284. The van der Waals surface area contributed by atoms with Gasteiger partial charge < -0.3 is 10.5 Å². The van der Waals surface area contributed by atoms with E-state index in [1.54, 1.807) is 0 Å². The molecule has 2 N–H and O–H groups in total. The number of nitrogens with two attached hydrogens (primary N) is 1. The van der Waals surface area contributed by atoms with E-state index in [2.05, 4.69) is 44.0 Å². The fourth-order valence-electron chi connectivity index (χ4n) is 1.73. The largest absolute Gasteiger partial charge is 0.478 e. The Bertz CT molecular complexity index is 545. The Morgan fingerprint density at radius 3 is 2.80 bits per heavy atom. The summed E-state index contributed by atoms with van der Waals surface area (Å²) in [6.07, 6.45) is 3.63. The van der Waals surface area contributed by atoms with Gasteiger partial charge in [0.25, 0.3) is 5.91 Å². The van der Waals surface area contributed by atoms with Crippen LogP contribution in [-0.2, 0) is 9.53 Å². The standard InChI is InChI=1S/C16H20N2O2/c1-11-6-5-7-14(9-8-12(11)2)20-13(3)10-15(18-4)16(17)19/h10,14H,3-4,6,8-9H2,1-2H3,(H2,17,19)/b12-11-,15-10-. The van der Waals surface area contributed by atoms with Gasteiger partial charge in [-0.15, -0.1) is 0 Å². The summed E-state index contributed by atoms with van der Waals surface area (Å²) in [7, 11) is 0. The lowest BCUT2D eigenvalue weighted by atomic mass is 9.99. The van der Waals surface area contributed by atoms with Crippen molar-refractivity contribution in [2.45, 2.75) is 39.2 Å². The molecule has 0 aliphatic heterocycles. The van der Waals surface area contributed by atoms with Crippen LogP contribution in [0.1, 0.15) is 33.1 Å². The highest BCUT2D eigenvalue weighted by molar-refractivity contribution is 5.92. The number of hydrogen-bond donors (Lipinski definition) is 1. The third kappa shape index (κ3) is 4.77. The SMILES string of the molecule is C=N/C(=C\C(=C)OC1C#CC/C(C)=C(/C)CC1)C(N)=O. The lowest BCUT2D eigenvalue weighted by Gasteiger charge is -2.16. The molecule has 1 rings (SSSR count). The van der Waals surface area contributed by atoms with E-state index in [1.165, 1.54) is 17.2 Å². The van der Waals surface area contributed by atoms with Crippen LogP contribution in [0.3, 0.4) is 0 Å². The predicted molar refractivity (Wildman–Crippen MR) is 80.8 cm³/mol. The van der Waals surface area contributed by atoms with Crippen molar-refractivity contribution < 1.29 is 9.53 Å². The monoisotopic (exact) mass is 272 g/mol. The lowest BCUT2D eigenvalue weighted by molar-refractivity contribution is -0.114. The van der Waals surface area contributed by atoms with Crippen LogP contribution in [0.2, 0.25) is 0 Å². The summed E-state index contributed by atoms with van der Waals surface area (Å²) < 4.78 is 5.63. The van der Waals surface area contributed by atoms with E-state index in [4.69, 9.17) is 10.5 Å². The Hall–Kier alpha value is -2.28. The van der Waals surface area contributed by atoms with E-state index in [0.29, 0.717) is 5.76 Å². The van der Waals surface area contributed by atoms with Crippen molar-refractivity contribution in [3.8, 4) is 11.8 Å². The molecule has 0 aromatic carbocycles. The highest BCUT2D eigenvalue weighted by Gasteiger charge is 2.11. The summed E-state index contributed by atoms with van der Waals surface area (Å²) in [6, 6.07) is 0. The molecular weight excluding hydrogens is 252 g/mol. The van der Waals surface area contributed by atoms with Crippen molar-refractivity contribution >= 4 is 12.6 Å². The molecule has 4 nitrogen and oxygen atoms in total. The maximum atomic E-state index is 11.0. The molecule has 1 aliphatic rings. The normalized spacial score (nSPS) is 22.9. The number of carbonyl (C=O) groups excluding carboxylic acids is 1. The molecule has 20 heavy (non-hydrogen) atoms. The molecule has 1 aliphatic carbocycles. The molecule has 0 radical (unpaired) electrons. The minimum Gasteiger partial charge on any atom is -0.478 e. The van der Waals surface area contributed by atoms with E-state index in [0.717, 1.165) is 19.3 Å². The van der Waals surface area contributed by atoms with E-state index in [9.17, 15) is 4.79 Å². The van der Waals surface area contributed by atoms with Crippen molar-refractivity contribution in [1.82, 2.24) is 0 Å². The summed E-state index contributed by atoms with van der Waals surface area (Å²) >= 11 is 0. The average Bonchev–Trinajstić information content (AvgIpc) is 2.39. The van der Waals surface area contributed by atoms with Crippen LogP contribution in [0.15, 0.2) is 40.2 Å². The molecule has 106 valence electrons. The molecule has 0 fully saturated rings. The molecule has 0 aromatic rings. The first-order valence-electron chi connectivity index (χ1n) is 6.41. The van der Waals surface area contributed by atoms with Crippen LogP contribution >= 0.6 is 0 Å². The fourth-order valence-corrected chi connectivity index (χ4v) is 1.73. The van der Waals surface area contributed by atoms with Crippen LogP contribution in [0.25, 0.3) is 0 Å². The zero-order valence-electron chi connectivity index (χ0n) is 12.0. The maximum Gasteiger partial charge on any atom is 0.267 e. The minimum atomic E-state index is -0.664. The zero-order valence-corrected chi connectivity index (χ0v) is 12.0. The zero-order chi connectivity index (χ0) is 15.1. The van der Waals surface area contributed by atoms with Crippen LogP contribution in [0, 0.1) is 11.8 Å². The van der Waals surface area contributed by atoms with Gasteiger partial charge in [0.15, 0.2) is 6.10 Å². The van der Waals surface area contributed by atoms with Crippen LogP contribution in [0.4, 0.5) is 0 Å². The Morgan fingerprint density at radius 1 is 1.50 bits per heavy atom. The molecule has 0 saturated heterocycles. The molecule has 4 heteroatoms. The number of hydrogen-bond acceptors (Lipinski definition) is 3. The highest BCUT2D eigenvalue weighted by Crippen LogP contribution is 2.19. The molecule has 1 atom stereocenters. The number of carbonyl (C=O) groups is 1. The van der Waals surface area contributed by atoms with Gasteiger partial charge in [0, 0.05) is 12.5 Å². The van der Waals surface area contributed by atoms with Crippen LogP contribution in [-0.4, -0.2) is 18.7 Å². The molecule has 0 aromatic heterocycles. The van der Waals surface area contributed by atoms with Gasteiger partial charge >= 0.3 is 0 Å². The molecule has 1 unspecified atom stereocenters. The van der Waals surface area contributed by atoms with Gasteiger partial charge in [0.05, 0.1) is 0 Å². The maximum absolute atomic E-state index is 11.0. The summed E-state index contributed by atoms with van der Waals surface area (Å²) in [4.78, 5) is 14.6. The van der Waals surface area contributed by atoms with Crippen molar-refractivity contribution in [2.24, 2.45) is 10.7 Å². The lowest BCUT2D eigenvalue weighted by Crippen LogP contribution is -2.14. The topological polar surface area (TPSA) is 64.7 Å². The number of ether oxygens (including phenoxy) is 1. The first kappa shape index (κ1) is 15.8. The van der Waals surface area contributed by atoms with Crippen molar-refractivity contribution in [3.05, 3.63) is 35.3 Å². The van der Waals surface area contributed by atoms with Crippen molar-refractivity contribution in [3.63, 3.8) is 0 Å². The predicted octanol–water partition coefficient (Wildman–Crippen LogP) is 2.48. The fraction of sp³-hybridized carbons (Fsp3) is 0.375. The average molecular weight is 272 g/mol. The van der Waals surface area contributed by atoms with Gasteiger partial charge in [-0.05, 0) is 33.4 Å². The molecule has 0 saturated carbocycles. The van der Waals surface area contributed by atoms with Gasteiger partial charge in [-0.1, -0.05) is 29.6 Å². The van der Waals surface area contributed by atoms with Crippen LogP contribution in [0.5, 0.6) is 0 Å². The first-order chi connectivity index (χ1) is 9.43. The van der Waals surface area contributed by atoms with E-state index in [-0.39, 0.29) is 11.8 Å². The molecule has 0 bridgehead atoms. The van der Waals surface area contributed by atoms with Gasteiger partial charge in [-0.25, -0.2) is 0 Å². The molecule has 0 heterocycles. The summed E-state index contributed by atoms with van der Waals surface area (Å²) in [6.45, 7) is 11.2. The van der Waals surface area contributed by atoms with E-state index >= 15 is 0 Å². The van der Waals surface area contributed by atoms with Crippen molar-refractivity contribution in [1.29, 1.82) is 0 Å². The third-order valence-corrected chi connectivity index (χ3v) is 3.14. The number of allylic oxidation sites excluding steroid dienone is 3. The van der Waals surface area contributed by atoms with Crippen LogP contribution < -0.4 is 5.73 Å². The molecular formula is C16H20N2O2. The first-order valence-corrected chi connectivity index (χ1v) is 6.41. The second-order valence-electron chi connectivity index (χ2n) is 4.72. The van der Waals surface area contributed by atoms with Gasteiger partial charge in [0.2, 0.25) is 0 Å². The third-order valence-electron chi connectivity index (χ3n) is 3.14. The Kier molecular flexibility index (Phi) is 5.79. The van der Waals surface area contributed by atoms with Crippen molar-refractivity contribution in [2.75, 3.05) is 0 Å². The van der Waals surface area contributed by atoms with E-state index < -0.39 is 5.91 Å². The Labute approximate surface area is 120 Å². The summed E-state index contributed by atoms with van der Waals surface area (Å²) in [5.41, 5.74) is 7.83. The number of rotatable bonds is 5. The number of nitrogens with zero attached hydrogens (tertiary/aromatic N) is 1. The quantitative estimate of drug-likeness (QED) is 0.209. The second kappa shape index (κ2) is 7.34. The smallest absolute Gasteiger partial charge is 0.267 e.